The van der Waals surface area contributed by atoms with E-state index < -0.39 is 5.41 Å². The fraction of sp³-hybridized carbons (Fsp3) is 0.440. The summed E-state index contributed by atoms with van der Waals surface area (Å²) in [6, 6.07) is 17.1. The van der Waals surface area contributed by atoms with Gasteiger partial charge in [0.25, 0.3) is 0 Å². The predicted octanol–water partition coefficient (Wildman–Crippen LogP) is 4.39. The van der Waals surface area contributed by atoms with E-state index in [1.807, 2.05) is 0 Å². The topological polar surface area (TPSA) is 37.4 Å². The van der Waals surface area contributed by atoms with E-state index in [4.69, 9.17) is 0 Å². The Hall–Kier alpha value is -2.42. The fourth-order valence-electron chi connectivity index (χ4n) is 6.87. The Morgan fingerprint density at radius 2 is 1.39 bits per heavy atom. The molecule has 1 heterocycles. The summed E-state index contributed by atoms with van der Waals surface area (Å²) in [5.41, 5.74) is 4.55. The lowest BCUT2D eigenvalue weighted by Gasteiger charge is -2.52. The molecule has 7 rings (SSSR count). The number of likely N-dealkylation sites (tertiary alicyclic amines) is 1. The highest BCUT2D eigenvalue weighted by Gasteiger charge is 2.66. The van der Waals surface area contributed by atoms with Gasteiger partial charge in [-0.25, -0.2) is 0 Å². The average molecular weight is 371 g/mol. The predicted molar refractivity (Wildman–Crippen MR) is 107 cm³/mol. The van der Waals surface area contributed by atoms with Gasteiger partial charge < -0.3 is 0 Å². The van der Waals surface area contributed by atoms with Crippen LogP contribution in [0.1, 0.15) is 67.2 Å². The van der Waals surface area contributed by atoms with E-state index in [-0.39, 0.29) is 35.6 Å². The van der Waals surface area contributed by atoms with Crippen molar-refractivity contribution >= 4 is 11.8 Å². The molecule has 4 aliphatic carbocycles. The van der Waals surface area contributed by atoms with Gasteiger partial charge in [-0.15, -0.1) is 0 Å². The largest absolute Gasteiger partial charge is 0.279 e. The van der Waals surface area contributed by atoms with Gasteiger partial charge in [0, 0.05) is 17.4 Å². The van der Waals surface area contributed by atoms with E-state index in [1.165, 1.54) is 28.7 Å². The monoisotopic (exact) mass is 371 g/mol. The summed E-state index contributed by atoms with van der Waals surface area (Å²) in [5, 5.41) is 0. The first-order valence-corrected chi connectivity index (χ1v) is 10.7. The molecule has 0 aromatic heterocycles. The fourth-order valence-corrected chi connectivity index (χ4v) is 6.87. The van der Waals surface area contributed by atoms with E-state index in [1.54, 1.807) is 4.90 Å². The lowest BCUT2D eigenvalue weighted by molar-refractivity contribution is -0.143. The van der Waals surface area contributed by atoms with Crippen LogP contribution in [-0.2, 0) is 15.0 Å². The highest BCUT2D eigenvalue weighted by Crippen LogP contribution is 2.64. The van der Waals surface area contributed by atoms with E-state index in [9.17, 15) is 9.59 Å². The minimum absolute atomic E-state index is 0.00395. The van der Waals surface area contributed by atoms with Crippen molar-refractivity contribution in [2.24, 2.45) is 11.8 Å². The molecule has 2 aromatic rings. The minimum atomic E-state index is -0.428. The summed E-state index contributed by atoms with van der Waals surface area (Å²) in [6.07, 6.45) is 5.41. The Bertz CT molecular complexity index is 956. The summed E-state index contributed by atoms with van der Waals surface area (Å²) in [4.78, 5) is 29.2. The zero-order chi connectivity index (χ0) is 19.0. The van der Waals surface area contributed by atoms with E-state index in [2.05, 4.69) is 55.5 Å². The molecule has 1 saturated carbocycles. The highest BCUT2D eigenvalue weighted by atomic mass is 16.2. The third-order valence-corrected chi connectivity index (χ3v) is 8.02. The third-order valence-electron chi connectivity index (χ3n) is 8.02. The van der Waals surface area contributed by atoms with Crippen LogP contribution in [0.3, 0.4) is 0 Å². The van der Waals surface area contributed by atoms with Crippen molar-refractivity contribution in [1.29, 1.82) is 0 Å². The van der Waals surface area contributed by atoms with E-state index >= 15 is 0 Å². The molecule has 5 aliphatic rings. The van der Waals surface area contributed by atoms with Gasteiger partial charge in [0.2, 0.25) is 11.8 Å². The molecule has 1 saturated heterocycles. The lowest BCUT2D eigenvalue weighted by atomic mass is 9.48. The molecule has 0 radical (unpaired) electrons. The van der Waals surface area contributed by atoms with Gasteiger partial charge in [0.05, 0.1) is 11.8 Å². The standard InChI is InChI=1S/C25H25NO2/c1-25-18-13-7-5-11-16(18)20(17-12-6-8-14-19(17)25)21-22(25)24(28)26(23(21)27)15-9-3-2-4-10-15/h5-8,11-15,20-22H,2-4,9-10H2,1H3. The molecule has 2 fully saturated rings. The molecule has 2 unspecified atom stereocenters. The normalized spacial score (nSPS) is 33.6. The van der Waals surface area contributed by atoms with Crippen LogP contribution >= 0.6 is 0 Å². The van der Waals surface area contributed by atoms with Crippen molar-refractivity contribution in [3.8, 4) is 0 Å². The van der Waals surface area contributed by atoms with Crippen LogP contribution in [-0.4, -0.2) is 22.8 Å². The number of carbonyl (C=O) groups is 2. The van der Waals surface area contributed by atoms with Crippen LogP contribution in [0, 0.1) is 11.8 Å². The molecule has 2 aromatic carbocycles. The molecule has 1 aliphatic heterocycles. The van der Waals surface area contributed by atoms with E-state index in [0.717, 1.165) is 25.7 Å². The van der Waals surface area contributed by atoms with Crippen LogP contribution in [0.4, 0.5) is 0 Å². The molecule has 0 spiro atoms. The van der Waals surface area contributed by atoms with Crippen LogP contribution in [0.5, 0.6) is 0 Å². The SMILES string of the molecule is CC12c3ccccc3C(c3ccccc31)C1C(=O)N(C3CCCCC3)C(=O)C12. The summed E-state index contributed by atoms with van der Waals surface area (Å²) < 4.78 is 0. The van der Waals surface area contributed by atoms with Gasteiger partial charge in [0.15, 0.2) is 0 Å². The van der Waals surface area contributed by atoms with Crippen molar-refractivity contribution in [2.45, 2.75) is 56.4 Å². The smallest absolute Gasteiger partial charge is 0.234 e. The molecule has 3 heteroatoms. The Kier molecular flexibility index (Phi) is 3.28. The second-order valence-corrected chi connectivity index (χ2v) is 9.20. The van der Waals surface area contributed by atoms with Gasteiger partial charge >= 0.3 is 0 Å². The maximum Gasteiger partial charge on any atom is 0.234 e. The van der Waals surface area contributed by atoms with Crippen molar-refractivity contribution < 1.29 is 9.59 Å². The van der Waals surface area contributed by atoms with Crippen molar-refractivity contribution in [1.82, 2.24) is 4.90 Å². The van der Waals surface area contributed by atoms with Crippen LogP contribution < -0.4 is 0 Å². The summed E-state index contributed by atoms with van der Waals surface area (Å²) in [6.45, 7) is 2.20. The van der Waals surface area contributed by atoms with Crippen LogP contribution in [0.15, 0.2) is 48.5 Å². The first kappa shape index (κ1) is 16.5. The average Bonchev–Trinajstić information content (AvgIpc) is 3.01. The number of imide groups is 1. The Balaban J connectivity index is 1.58. The highest BCUT2D eigenvalue weighted by molar-refractivity contribution is 6.08. The van der Waals surface area contributed by atoms with Crippen molar-refractivity contribution in [3.05, 3.63) is 70.8 Å². The summed E-state index contributed by atoms with van der Waals surface area (Å²) >= 11 is 0. The molecule has 2 amide bonds. The number of hydrogen-bond donors (Lipinski definition) is 0. The van der Waals surface area contributed by atoms with Gasteiger partial charge in [-0.2, -0.15) is 0 Å². The maximum absolute atomic E-state index is 13.8. The number of carbonyl (C=O) groups excluding carboxylic acids is 2. The Morgan fingerprint density at radius 1 is 0.821 bits per heavy atom. The van der Waals surface area contributed by atoms with Gasteiger partial charge in [-0.05, 0) is 35.1 Å². The Labute approximate surface area is 165 Å². The van der Waals surface area contributed by atoms with Crippen molar-refractivity contribution in [2.75, 3.05) is 0 Å². The number of benzene rings is 2. The second kappa shape index (κ2) is 5.56. The zero-order valence-electron chi connectivity index (χ0n) is 16.2. The molecule has 2 atom stereocenters. The Morgan fingerprint density at radius 3 is 2.00 bits per heavy atom. The summed E-state index contributed by atoms with van der Waals surface area (Å²) in [7, 11) is 0. The molecule has 3 nitrogen and oxygen atoms in total. The second-order valence-electron chi connectivity index (χ2n) is 9.20. The molecular formula is C25H25NO2. The number of hydrogen-bond acceptors (Lipinski definition) is 2. The molecule has 28 heavy (non-hydrogen) atoms. The molecule has 2 bridgehead atoms. The van der Waals surface area contributed by atoms with Crippen molar-refractivity contribution in [3.63, 3.8) is 0 Å². The van der Waals surface area contributed by atoms with E-state index in [0.29, 0.717) is 0 Å². The van der Waals surface area contributed by atoms with Crippen LogP contribution in [0.2, 0.25) is 0 Å². The first-order chi connectivity index (χ1) is 13.6. The number of nitrogens with zero attached hydrogens (tertiary/aromatic N) is 1. The van der Waals surface area contributed by atoms with Gasteiger partial charge in [0.1, 0.15) is 0 Å². The number of rotatable bonds is 1. The first-order valence-electron chi connectivity index (χ1n) is 10.7. The maximum atomic E-state index is 13.8. The number of amides is 2. The minimum Gasteiger partial charge on any atom is -0.279 e. The van der Waals surface area contributed by atoms with Gasteiger partial charge in [-0.1, -0.05) is 74.7 Å². The summed E-state index contributed by atoms with van der Waals surface area (Å²) in [5.74, 6) is -0.342. The molecule has 142 valence electrons. The van der Waals surface area contributed by atoms with Crippen LogP contribution in [0.25, 0.3) is 0 Å². The lowest BCUT2D eigenvalue weighted by Crippen LogP contribution is -2.52. The van der Waals surface area contributed by atoms with Gasteiger partial charge in [-0.3, -0.25) is 14.5 Å². The zero-order valence-corrected chi connectivity index (χ0v) is 16.2. The molecule has 0 N–H and O–H groups in total. The molecular weight excluding hydrogens is 346 g/mol. The third kappa shape index (κ3) is 1.81. The quantitative estimate of drug-likeness (QED) is 0.698.